The van der Waals surface area contributed by atoms with Crippen molar-refractivity contribution in [3.8, 4) is 28.4 Å². The molecule has 1 atom stereocenters. The summed E-state index contributed by atoms with van der Waals surface area (Å²) < 4.78 is 17.2. The second-order valence-electron chi connectivity index (χ2n) is 9.67. The zero-order valence-corrected chi connectivity index (χ0v) is 23.8. The number of ether oxygens (including phenoxy) is 3. The highest BCUT2D eigenvalue weighted by Gasteiger charge is 2.40. The van der Waals surface area contributed by atoms with Gasteiger partial charge < -0.3 is 19.3 Å². The summed E-state index contributed by atoms with van der Waals surface area (Å²) in [6.07, 6.45) is 0. The van der Waals surface area contributed by atoms with Crippen molar-refractivity contribution in [3.63, 3.8) is 0 Å². The predicted molar refractivity (Wildman–Crippen MR) is 158 cm³/mol. The first-order valence-corrected chi connectivity index (χ1v) is 13.9. The molecular weight excluding hydrogens is 534 g/mol. The van der Waals surface area contributed by atoms with Crippen molar-refractivity contribution >= 4 is 11.9 Å². The molecule has 0 bridgehead atoms. The van der Waals surface area contributed by atoms with Crippen molar-refractivity contribution in [2.24, 2.45) is 0 Å². The number of hydrogen-bond acceptors (Lipinski definition) is 6. The van der Waals surface area contributed by atoms with Crippen molar-refractivity contribution in [3.05, 3.63) is 113 Å². The quantitative estimate of drug-likeness (QED) is 0.203. The number of benzene rings is 4. The maximum atomic E-state index is 14.6. The zero-order valence-electron chi connectivity index (χ0n) is 23.8. The molecule has 1 N–H and O–H groups in total. The summed E-state index contributed by atoms with van der Waals surface area (Å²) in [5.74, 6) is -0.276. The lowest BCUT2D eigenvalue weighted by Crippen LogP contribution is -2.38. The highest BCUT2D eigenvalue weighted by atomic mass is 16.7. The van der Waals surface area contributed by atoms with Crippen LogP contribution in [0, 0.1) is 0 Å². The summed E-state index contributed by atoms with van der Waals surface area (Å²) in [6, 6.07) is 27.6. The van der Waals surface area contributed by atoms with Crippen LogP contribution in [0.15, 0.2) is 91.0 Å². The van der Waals surface area contributed by atoms with Crippen LogP contribution < -0.4 is 14.2 Å². The first kappa shape index (κ1) is 28.7. The molecule has 0 aromatic heterocycles. The third-order valence-electron chi connectivity index (χ3n) is 7.18. The fraction of sp³-hybridized carbons (Fsp3) is 0.235. The van der Waals surface area contributed by atoms with Crippen molar-refractivity contribution in [1.29, 1.82) is 0 Å². The van der Waals surface area contributed by atoms with E-state index in [2.05, 4.69) is 0 Å². The van der Waals surface area contributed by atoms with E-state index < -0.39 is 24.5 Å². The van der Waals surface area contributed by atoms with Crippen LogP contribution in [0.4, 0.5) is 0 Å². The van der Waals surface area contributed by atoms with E-state index in [1.54, 1.807) is 24.3 Å². The van der Waals surface area contributed by atoms with E-state index in [0.717, 1.165) is 27.8 Å². The maximum absolute atomic E-state index is 14.6. The van der Waals surface area contributed by atoms with Crippen LogP contribution in [0.3, 0.4) is 0 Å². The first-order valence-electron chi connectivity index (χ1n) is 13.9. The molecule has 0 fully saturated rings. The summed E-state index contributed by atoms with van der Waals surface area (Å²) >= 11 is 0. The number of carbonyl (C=O) groups excluding carboxylic acids is 1. The lowest BCUT2D eigenvalue weighted by Gasteiger charge is -2.33. The number of carboxylic acid groups (broad SMARTS) is 1. The van der Waals surface area contributed by atoms with Gasteiger partial charge in [-0.25, -0.2) is 9.86 Å². The molecule has 0 heterocycles. The number of amides is 1. The van der Waals surface area contributed by atoms with Gasteiger partial charge in [0.2, 0.25) is 0 Å². The van der Waals surface area contributed by atoms with Gasteiger partial charge in [0.1, 0.15) is 23.3 Å². The Balaban J connectivity index is 1.62. The minimum atomic E-state index is -1.07. The SMILES string of the molecule is CCOc1ccc([C@H](c2ccc(OCC(=O)O)cc2)N(OC)C(=O)C2c3ccccc3-c3ccccc32)c(OCC)c1. The summed E-state index contributed by atoms with van der Waals surface area (Å²) in [5.41, 5.74) is 5.30. The van der Waals surface area contributed by atoms with Crippen LogP contribution in [-0.4, -0.2) is 49.0 Å². The largest absolute Gasteiger partial charge is 0.494 e. The van der Waals surface area contributed by atoms with E-state index in [-0.39, 0.29) is 5.91 Å². The van der Waals surface area contributed by atoms with E-state index >= 15 is 0 Å². The summed E-state index contributed by atoms with van der Waals surface area (Å²) in [5, 5.41) is 10.4. The molecule has 0 saturated carbocycles. The van der Waals surface area contributed by atoms with Gasteiger partial charge in [0.05, 0.1) is 26.2 Å². The third-order valence-corrected chi connectivity index (χ3v) is 7.18. The van der Waals surface area contributed by atoms with Crippen LogP contribution in [0.1, 0.15) is 48.1 Å². The average Bonchev–Trinajstić information content (AvgIpc) is 3.34. The van der Waals surface area contributed by atoms with Gasteiger partial charge in [-0.2, -0.15) is 0 Å². The molecule has 4 aromatic rings. The average molecular weight is 568 g/mol. The van der Waals surface area contributed by atoms with Gasteiger partial charge in [-0.1, -0.05) is 60.7 Å². The molecule has 4 aromatic carbocycles. The van der Waals surface area contributed by atoms with Crippen molar-refractivity contribution in [2.45, 2.75) is 25.8 Å². The van der Waals surface area contributed by atoms with Crippen LogP contribution in [0.5, 0.6) is 17.2 Å². The number of carboxylic acids is 1. The van der Waals surface area contributed by atoms with Gasteiger partial charge in [-0.05, 0) is 65.9 Å². The van der Waals surface area contributed by atoms with Crippen LogP contribution >= 0.6 is 0 Å². The molecule has 1 amide bonds. The molecule has 216 valence electrons. The monoisotopic (exact) mass is 567 g/mol. The van der Waals surface area contributed by atoms with Crippen LogP contribution in [0.25, 0.3) is 11.1 Å². The highest BCUT2D eigenvalue weighted by Crippen LogP contribution is 2.47. The molecule has 8 heteroatoms. The van der Waals surface area contributed by atoms with Crippen molar-refractivity contribution < 1.29 is 33.7 Å². The molecule has 5 rings (SSSR count). The van der Waals surface area contributed by atoms with Crippen molar-refractivity contribution in [2.75, 3.05) is 26.9 Å². The number of aliphatic carboxylic acids is 1. The molecule has 0 spiro atoms. The normalized spacial score (nSPS) is 12.6. The Morgan fingerprint density at radius 1 is 0.786 bits per heavy atom. The first-order chi connectivity index (χ1) is 20.5. The Morgan fingerprint density at radius 3 is 1.95 bits per heavy atom. The fourth-order valence-corrected chi connectivity index (χ4v) is 5.48. The lowest BCUT2D eigenvalue weighted by atomic mass is 9.92. The Kier molecular flexibility index (Phi) is 8.74. The second kappa shape index (κ2) is 12.8. The maximum Gasteiger partial charge on any atom is 0.341 e. The second-order valence-corrected chi connectivity index (χ2v) is 9.67. The van der Waals surface area contributed by atoms with E-state index in [9.17, 15) is 9.59 Å². The molecule has 0 saturated heterocycles. The lowest BCUT2D eigenvalue weighted by molar-refractivity contribution is -0.186. The molecule has 42 heavy (non-hydrogen) atoms. The fourth-order valence-electron chi connectivity index (χ4n) is 5.48. The topological polar surface area (TPSA) is 94.5 Å². The number of carbonyl (C=O) groups is 2. The number of hydrogen-bond donors (Lipinski definition) is 1. The predicted octanol–water partition coefficient (Wildman–Crippen LogP) is 6.24. The Bertz CT molecular complexity index is 1520. The van der Waals surface area contributed by atoms with E-state index in [1.165, 1.54) is 12.2 Å². The Hall–Kier alpha value is -4.82. The van der Waals surface area contributed by atoms with E-state index in [0.29, 0.717) is 36.0 Å². The standard InChI is InChI=1S/C34H33NO7/c1-4-40-24-18-19-29(30(20-24)41-5-2)33(22-14-16-23(17-15-22)42-21-31(36)37)35(39-3)34(38)32-27-12-8-6-10-25(27)26-11-7-9-13-28(26)32/h6-20,32-33H,4-5,21H2,1-3H3,(H,36,37)/t33-/m0/s1. The minimum Gasteiger partial charge on any atom is -0.494 e. The Morgan fingerprint density at radius 2 is 1.38 bits per heavy atom. The highest BCUT2D eigenvalue weighted by molar-refractivity contribution is 5.96. The van der Waals surface area contributed by atoms with Gasteiger partial charge in [-0.3, -0.25) is 9.63 Å². The molecule has 0 radical (unpaired) electrons. The summed E-state index contributed by atoms with van der Waals surface area (Å²) in [6.45, 7) is 4.25. The van der Waals surface area contributed by atoms with Gasteiger partial charge in [-0.15, -0.1) is 0 Å². The number of fused-ring (bicyclic) bond motifs is 3. The van der Waals surface area contributed by atoms with Crippen molar-refractivity contribution in [1.82, 2.24) is 5.06 Å². The van der Waals surface area contributed by atoms with Crippen LogP contribution in [0.2, 0.25) is 0 Å². The van der Waals surface area contributed by atoms with Gasteiger partial charge in [0.25, 0.3) is 5.91 Å². The third kappa shape index (κ3) is 5.66. The smallest absolute Gasteiger partial charge is 0.341 e. The summed E-state index contributed by atoms with van der Waals surface area (Å²) in [7, 11) is 1.48. The number of hydroxylamine groups is 2. The number of nitrogens with zero attached hydrogens (tertiary/aromatic N) is 1. The molecule has 1 aliphatic carbocycles. The number of rotatable bonds is 12. The minimum absolute atomic E-state index is 0.234. The van der Waals surface area contributed by atoms with Gasteiger partial charge in [0.15, 0.2) is 6.61 Å². The van der Waals surface area contributed by atoms with Gasteiger partial charge in [0, 0.05) is 11.6 Å². The van der Waals surface area contributed by atoms with E-state index in [1.807, 2.05) is 80.6 Å². The molecule has 1 aliphatic rings. The Labute approximate surface area is 245 Å². The molecule has 0 unspecified atom stereocenters. The molecule has 0 aliphatic heterocycles. The molecule has 8 nitrogen and oxygen atoms in total. The molecular formula is C34H33NO7. The summed E-state index contributed by atoms with van der Waals surface area (Å²) in [4.78, 5) is 31.6. The van der Waals surface area contributed by atoms with Crippen LogP contribution in [-0.2, 0) is 14.4 Å². The zero-order chi connectivity index (χ0) is 29.6. The van der Waals surface area contributed by atoms with Gasteiger partial charge >= 0.3 is 5.97 Å². The van der Waals surface area contributed by atoms with E-state index in [4.69, 9.17) is 24.2 Å².